The van der Waals surface area contributed by atoms with Crippen LogP contribution in [-0.4, -0.2) is 22.8 Å². The van der Waals surface area contributed by atoms with Gasteiger partial charge in [-0.3, -0.25) is 9.59 Å². The van der Waals surface area contributed by atoms with Crippen molar-refractivity contribution in [1.82, 2.24) is 10.3 Å². The SMILES string of the molecule is CC(NC(=O)c1ccccc1)C(=O)Nc1nc(-c2cccc3ccccc23)cs1. The third-order valence-corrected chi connectivity index (χ3v) is 5.33. The number of anilines is 1. The molecule has 1 aromatic heterocycles. The first-order chi connectivity index (χ1) is 14.1. The van der Waals surface area contributed by atoms with Crippen LogP contribution in [0.2, 0.25) is 0 Å². The van der Waals surface area contributed by atoms with Crippen LogP contribution in [0.15, 0.2) is 78.2 Å². The van der Waals surface area contributed by atoms with Gasteiger partial charge in [0.15, 0.2) is 5.13 Å². The molecule has 4 aromatic rings. The van der Waals surface area contributed by atoms with Gasteiger partial charge in [-0.2, -0.15) is 0 Å². The summed E-state index contributed by atoms with van der Waals surface area (Å²) < 4.78 is 0. The predicted molar refractivity (Wildman–Crippen MR) is 117 cm³/mol. The minimum absolute atomic E-state index is 0.288. The van der Waals surface area contributed by atoms with Gasteiger partial charge in [-0.05, 0) is 29.8 Å². The van der Waals surface area contributed by atoms with Gasteiger partial charge in [0.05, 0.1) is 5.69 Å². The lowest BCUT2D eigenvalue weighted by molar-refractivity contribution is -0.117. The third kappa shape index (κ3) is 4.17. The van der Waals surface area contributed by atoms with E-state index in [9.17, 15) is 9.59 Å². The van der Waals surface area contributed by atoms with Gasteiger partial charge < -0.3 is 10.6 Å². The lowest BCUT2D eigenvalue weighted by Gasteiger charge is -2.13. The van der Waals surface area contributed by atoms with Crippen molar-refractivity contribution in [3.8, 4) is 11.3 Å². The largest absolute Gasteiger partial charge is 0.341 e. The van der Waals surface area contributed by atoms with E-state index in [0.717, 1.165) is 22.0 Å². The number of fused-ring (bicyclic) bond motifs is 1. The Morgan fingerprint density at radius 2 is 1.66 bits per heavy atom. The first-order valence-corrected chi connectivity index (χ1v) is 10.1. The fourth-order valence-electron chi connectivity index (χ4n) is 3.05. The zero-order chi connectivity index (χ0) is 20.2. The second-order valence-electron chi connectivity index (χ2n) is 6.62. The molecule has 144 valence electrons. The molecule has 29 heavy (non-hydrogen) atoms. The monoisotopic (exact) mass is 401 g/mol. The van der Waals surface area contributed by atoms with E-state index in [2.05, 4.69) is 33.8 Å². The number of thiazole rings is 1. The van der Waals surface area contributed by atoms with Gasteiger partial charge in [0.1, 0.15) is 6.04 Å². The molecule has 1 atom stereocenters. The molecule has 0 fully saturated rings. The van der Waals surface area contributed by atoms with Crippen LogP contribution in [0.1, 0.15) is 17.3 Å². The van der Waals surface area contributed by atoms with E-state index < -0.39 is 6.04 Å². The van der Waals surface area contributed by atoms with Crippen molar-refractivity contribution in [2.45, 2.75) is 13.0 Å². The van der Waals surface area contributed by atoms with E-state index in [-0.39, 0.29) is 11.8 Å². The molecule has 0 radical (unpaired) electrons. The molecule has 0 aliphatic heterocycles. The molecule has 3 aromatic carbocycles. The van der Waals surface area contributed by atoms with Crippen LogP contribution >= 0.6 is 11.3 Å². The predicted octanol–water partition coefficient (Wildman–Crippen LogP) is 4.72. The molecule has 4 rings (SSSR count). The molecule has 0 saturated carbocycles. The lowest BCUT2D eigenvalue weighted by Crippen LogP contribution is -2.41. The van der Waals surface area contributed by atoms with Gasteiger partial charge in [-0.1, -0.05) is 60.7 Å². The second-order valence-corrected chi connectivity index (χ2v) is 7.47. The van der Waals surface area contributed by atoms with Crippen molar-refractivity contribution in [2.24, 2.45) is 0 Å². The molecule has 0 spiro atoms. The van der Waals surface area contributed by atoms with Gasteiger partial charge in [0.25, 0.3) is 5.91 Å². The third-order valence-electron chi connectivity index (χ3n) is 4.58. The molecular weight excluding hydrogens is 382 g/mol. The second kappa shape index (κ2) is 8.24. The Balaban J connectivity index is 1.46. The average Bonchev–Trinajstić information content (AvgIpc) is 3.22. The number of benzene rings is 3. The number of hydrogen-bond donors (Lipinski definition) is 2. The summed E-state index contributed by atoms with van der Waals surface area (Å²) in [5, 5.41) is 10.2. The maximum absolute atomic E-state index is 12.5. The minimum atomic E-state index is -0.687. The van der Waals surface area contributed by atoms with E-state index in [1.165, 1.54) is 11.3 Å². The smallest absolute Gasteiger partial charge is 0.251 e. The zero-order valence-electron chi connectivity index (χ0n) is 15.8. The molecule has 2 N–H and O–H groups in total. The number of amides is 2. The molecule has 5 nitrogen and oxygen atoms in total. The number of carbonyl (C=O) groups is 2. The standard InChI is InChI=1S/C23H19N3O2S/c1-15(24-22(28)17-9-3-2-4-10-17)21(27)26-23-25-20(14-29-23)19-13-7-11-16-8-5-6-12-18(16)19/h2-15H,1H3,(H,24,28)(H,25,26,27). The Hall–Kier alpha value is -3.51. The Morgan fingerprint density at radius 1 is 0.931 bits per heavy atom. The highest BCUT2D eigenvalue weighted by Crippen LogP contribution is 2.30. The number of rotatable bonds is 5. The number of nitrogens with zero attached hydrogens (tertiary/aromatic N) is 1. The van der Waals surface area contributed by atoms with E-state index in [4.69, 9.17) is 0 Å². The van der Waals surface area contributed by atoms with Gasteiger partial charge in [0.2, 0.25) is 5.91 Å². The summed E-state index contributed by atoms with van der Waals surface area (Å²) in [6.45, 7) is 1.65. The van der Waals surface area contributed by atoms with Gasteiger partial charge in [-0.25, -0.2) is 4.98 Å². The van der Waals surface area contributed by atoms with E-state index in [1.807, 2.05) is 35.7 Å². The molecule has 1 unspecified atom stereocenters. The first kappa shape index (κ1) is 18.8. The Labute approximate surface area is 172 Å². The van der Waals surface area contributed by atoms with Crippen LogP contribution in [-0.2, 0) is 4.79 Å². The summed E-state index contributed by atoms with van der Waals surface area (Å²) >= 11 is 1.36. The van der Waals surface area contributed by atoms with Crippen LogP contribution in [0.25, 0.3) is 22.0 Å². The van der Waals surface area contributed by atoms with Crippen LogP contribution in [0.3, 0.4) is 0 Å². The van der Waals surface area contributed by atoms with Crippen molar-refractivity contribution in [3.63, 3.8) is 0 Å². The summed E-state index contributed by atoms with van der Waals surface area (Å²) in [5.41, 5.74) is 2.34. The maximum Gasteiger partial charge on any atom is 0.251 e. The molecule has 0 saturated heterocycles. The van der Waals surface area contributed by atoms with Crippen molar-refractivity contribution in [3.05, 3.63) is 83.7 Å². The number of aromatic nitrogens is 1. The quantitative estimate of drug-likeness (QED) is 0.508. The number of hydrogen-bond acceptors (Lipinski definition) is 4. The Morgan fingerprint density at radius 3 is 2.48 bits per heavy atom. The van der Waals surface area contributed by atoms with Crippen LogP contribution < -0.4 is 10.6 Å². The summed E-state index contributed by atoms with van der Waals surface area (Å²) in [5.74, 6) is -0.600. The highest BCUT2D eigenvalue weighted by Gasteiger charge is 2.18. The Kier molecular flexibility index (Phi) is 5.35. The summed E-state index contributed by atoms with van der Waals surface area (Å²) in [6, 6.07) is 22.3. The molecule has 0 bridgehead atoms. The molecule has 1 heterocycles. The van der Waals surface area contributed by atoms with Crippen molar-refractivity contribution < 1.29 is 9.59 Å². The first-order valence-electron chi connectivity index (χ1n) is 9.22. The topological polar surface area (TPSA) is 71.1 Å². The summed E-state index contributed by atoms with van der Waals surface area (Å²) in [4.78, 5) is 29.3. The van der Waals surface area contributed by atoms with Gasteiger partial charge in [0, 0.05) is 16.5 Å². The summed E-state index contributed by atoms with van der Waals surface area (Å²) in [7, 11) is 0. The number of carbonyl (C=O) groups excluding carboxylic acids is 2. The highest BCUT2D eigenvalue weighted by molar-refractivity contribution is 7.14. The van der Waals surface area contributed by atoms with Crippen molar-refractivity contribution >= 4 is 39.1 Å². The zero-order valence-corrected chi connectivity index (χ0v) is 16.6. The minimum Gasteiger partial charge on any atom is -0.341 e. The van der Waals surface area contributed by atoms with E-state index >= 15 is 0 Å². The van der Waals surface area contributed by atoms with E-state index in [0.29, 0.717) is 10.7 Å². The highest BCUT2D eigenvalue weighted by atomic mass is 32.1. The van der Waals surface area contributed by atoms with Crippen LogP contribution in [0, 0.1) is 0 Å². The van der Waals surface area contributed by atoms with Crippen LogP contribution in [0.4, 0.5) is 5.13 Å². The summed E-state index contributed by atoms with van der Waals surface area (Å²) in [6.07, 6.45) is 0. The maximum atomic E-state index is 12.5. The fraction of sp³-hybridized carbons (Fsp3) is 0.0870. The van der Waals surface area contributed by atoms with Crippen LogP contribution in [0.5, 0.6) is 0 Å². The number of nitrogens with one attached hydrogen (secondary N) is 2. The average molecular weight is 401 g/mol. The van der Waals surface area contributed by atoms with Gasteiger partial charge in [-0.15, -0.1) is 11.3 Å². The molecule has 2 amide bonds. The van der Waals surface area contributed by atoms with Crippen molar-refractivity contribution in [2.75, 3.05) is 5.32 Å². The fourth-order valence-corrected chi connectivity index (χ4v) is 3.77. The lowest BCUT2D eigenvalue weighted by atomic mass is 10.0. The Bertz CT molecular complexity index is 1170. The van der Waals surface area contributed by atoms with Gasteiger partial charge >= 0.3 is 0 Å². The molecular formula is C23H19N3O2S. The molecule has 6 heteroatoms. The normalized spacial score (nSPS) is 11.8. The molecule has 0 aliphatic rings. The van der Waals surface area contributed by atoms with Crippen molar-refractivity contribution in [1.29, 1.82) is 0 Å². The molecule has 0 aliphatic carbocycles. The van der Waals surface area contributed by atoms with E-state index in [1.54, 1.807) is 31.2 Å².